The smallest absolute Gasteiger partial charge is 0.367 e. The first-order valence-corrected chi connectivity index (χ1v) is 2.81. The van der Waals surface area contributed by atoms with E-state index in [2.05, 4.69) is 0 Å². The van der Waals surface area contributed by atoms with Crippen LogP contribution in [0.15, 0.2) is 0 Å². The normalized spacial score (nSPS) is 14.5. The molecule has 0 bridgehead atoms. The lowest BCUT2D eigenvalue weighted by atomic mass is 9.98. The van der Waals surface area contributed by atoms with Crippen LogP contribution in [0.1, 0.15) is 6.92 Å². The Hall–Kier alpha value is -0.790. The standard InChI is InChI=1S/C5H4F6O2/c1-2(12)3(13,4(6,7)8)5(9,10)11/h13H,1H3. The van der Waals surface area contributed by atoms with E-state index in [-0.39, 0.29) is 6.92 Å². The first-order valence-electron chi connectivity index (χ1n) is 2.81. The second-order valence-corrected chi connectivity index (χ2v) is 2.26. The zero-order chi connectivity index (χ0) is 11.1. The number of Topliss-reactive ketones (excluding diaryl/α,β-unsaturated/α-hetero) is 1. The lowest BCUT2D eigenvalue weighted by molar-refractivity contribution is -0.349. The summed E-state index contributed by atoms with van der Waals surface area (Å²) in [5.74, 6) is -2.41. The van der Waals surface area contributed by atoms with Gasteiger partial charge in [0.1, 0.15) is 0 Å². The molecule has 0 unspecified atom stereocenters. The number of carbonyl (C=O) groups excluding carboxylic acids is 1. The van der Waals surface area contributed by atoms with Crippen molar-refractivity contribution in [2.75, 3.05) is 0 Å². The van der Waals surface area contributed by atoms with Gasteiger partial charge in [0.25, 0.3) is 0 Å². The van der Waals surface area contributed by atoms with Crippen LogP contribution >= 0.6 is 0 Å². The van der Waals surface area contributed by atoms with E-state index in [0.29, 0.717) is 0 Å². The summed E-state index contributed by atoms with van der Waals surface area (Å²) < 4.78 is 70.0. The van der Waals surface area contributed by atoms with E-state index >= 15 is 0 Å². The number of aliphatic hydroxyl groups is 1. The predicted octanol–water partition coefficient (Wildman–Crippen LogP) is 1.43. The number of halogens is 6. The minimum absolute atomic E-state index is 0.0149. The summed E-state index contributed by atoms with van der Waals surface area (Å²) in [5, 5.41) is 8.16. The van der Waals surface area contributed by atoms with Crippen molar-refractivity contribution in [1.82, 2.24) is 0 Å². The Morgan fingerprint density at radius 3 is 1.23 bits per heavy atom. The Bertz CT molecular complexity index is 200. The quantitative estimate of drug-likeness (QED) is 0.664. The van der Waals surface area contributed by atoms with Gasteiger partial charge in [0.15, 0.2) is 5.78 Å². The highest BCUT2D eigenvalue weighted by atomic mass is 19.4. The molecule has 1 N–H and O–H groups in total. The van der Waals surface area contributed by atoms with Crippen LogP contribution in [0.5, 0.6) is 0 Å². The maximum absolute atomic E-state index is 11.7. The van der Waals surface area contributed by atoms with Crippen molar-refractivity contribution >= 4 is 5.78 Å². The zero-order valence-corrected chi connectivity index (χ0v) is 6.12. The van der Waals surface area contributed by atoms with E-state index in [4.69, 9.17) is 5.11 Å². The molecular formula is C5H4F6O2. The van der Waals surface area contributed by atoms with E-state index in [1.807, 2.05) is 0 Å². The Morgan fingerprint density at radius 2 is 1.23 bits per heavy atom. The molecule has 2 nitrogen and oxygen atoms in total. The summed E-state index contributed by atoms with van der Waals surface area (Å²) in [7, 11) is 0. The number of carbonyl (C=O) groups is 1. The highest BCUT2D eigenvalue weighted by Crippen LogP contribution is 2.43. The van der Waals surface area contributed by atoms with Crippen molar-refractivity contribution < 1.29 is 36.2 Å². The topological polar surface area (TPSA) is 37.3 Å². The molecule has 0 heterocycles. The average molecular weight is 210 g/mol. The van der Waals surface area contributed by atoms with Crippen molar-refractivity contribution in [2.24, 2.45) is 0 Å². The molecule has 0 saturated heterocycles. The lowest BCUT2D eigenvalue weighted by Crippen LogP contribution is -2.61. The monoisotopic (exact) mass is 210 g/mol. The van der Waals surface area contributed by atoms with Crippen LogP contribution in [-0.2, 0) is 4.79 Å². The summed E-state index contributed by atoms with van der Waals surface area (Å²) in [6.07, 6.45) is -12.1. The van der Waals surface area contributed by atoms with E-state index in [1.165, 1.54) is 0 Å². The van der Waals surface area contributed by atoms with Gasteiger partial charge < -0.3 is 5.11 Å². The second kappa shape index (κ2) is 2.86. The maximum Gasteiger partial charge on any atom is 0.433 e. The number of ketones is 1. The molecule has 0 fully saturated rings. The van der Waals surface area contributed by atoms with E-state index in [1.54, 1.807) is 0 Å². The van der Waals surface area contributed by atoms with Gasteiger partial charge in [0, 0.05) is 0 Å². The van der Waals surface area contributed by atoms with Gasteiger partial charge in [-0.15, -0.1) is 0 Å². The maximum atomic E-state index is 11.7. The summed E-state index contributed by atoms with van der Waals surface area (Å²) in [4.78, 5) is 10.1. The molecule has 0 spiro atoms. The molecule has 0 aromatic heterocycles. The van der Waals surface area contributed by atoms with Crippen LogP contribution in [0.4, 0.5) is 26.3 Å². The fourth-order valence-electron chi connectivity index (χ4n) is 0.560. The molecule has 8 heteroatoms. The number of alkyl halides is 6. The fourth-order valence-corrected chi connectivity index (χ4v) is 0.560. The molecule has 78 valence electrons. The van der Waals surface area contributed by atoms with E-state index in [9.17, 15) is 31.1 Å². The van der Waals surface area contributed by atoms with Crippen LogP contribution in [0.25, 0.3) is 0 Å². The van der Waals surface area contributed by atoms with Gasteiger partial charge in [-0.1, -0.05) is 0 Å². The number of rotatable bonds is 1. The fraction of sp³-hybridized carbons (Fsp3) is 0.800. The van der Waals surface area contributed by atoms with E-state index in [0.717, 1.165) is 0 Å². The molecule has 0 saturated carbocycles. The third-order valence-corrected chi connectivity index (χ3v) is 1.33. The van der Waals surface area contributed by atoms with Crippen molar-refractivity contribution in [3.05, 3.63) is 0 Å². The highest BCUT2D eigenvalue weighted by Gasteiger charge is 2.73. The molecule has 0 aliphatic carbocycles. The van der Waals surface area contributed by atoms with Crippen LogP contribution < -0.4 is 0 Å². The molecule has 0 aromatic rings. The van der Waals surface area contributed by atoms with Gasteiger partial charge in [-0.25, -0.2) is 0 Å². The van der Waals surface area contributed by atoms with Crippen molar-refractivity contribution in [3.8, 4) is 0 Å². The van der Waals surface area contributed by atoms with Crippen LogP contribution in [0.2, 0.25) is 0 Å². The van der Waals surface area contributed by atoms with Gasteiger partial charge >= 0.3 is 18.0 Å². The van der Waals surface area contributed by atoms with Crippen molar-refractivity contribution in [1.29, 1.82) is 0 Å². The van der Waals surface area contributed by atoms with Crippen LogP contribution in [-0.4, -0.2) is 28.8 Å². The van der Waals surface area contributed by atoms with Gasteiger partial charge in [-0.2, -0.15) is 26.3 Å². The molecule has 0 amide bonds. The summed E-state index contributed by atoms with van der Waals surface area (Å²) in [6, 6.07) is 0. The Labute approximate surface area is 68.1 Å². The predicted molar refractivity (Wildman–Crippen MR) is 27.7 cm³/mol. The third-order valence-electron chi connectivity index (χ3n) is 1.33. The second-order valence-electron chi connectivity index (χ2n) is 2.26. The van der Waals surface area contributed by atoms with Gasteiger partial charge in [-0.3, -0.25) is 4.79 Å². The van der Waals surface area contributed by atoms with Gasteiger partial charge in [-0.05, 0) is 6.92 Å². The van der Waals surface area contributed by atoms with Gasteiger partial charge in [0.05, 0.1) is 0 Å². The number of hydrogen-bond donors (Lipinski definition) is 1. The summed E-state index contributed by atoms with van der Waals surface area (Å²) in [6.45, 7) is 0.0149. The van der Waals surface area contributed by atoms with Crippen molar-refractivity contribution in [2.45, 2.75) is 24.9 Å². The molecule has 0 radical (unpaired) electrons. The number of hydrogen-bond acceptors (Lipinski definition) is 2. The molecule has 0 aromatic carbocycles. The van der Waals surface area contributed by atoms with E-state index < -0.39 is 23.7 Å². The van der Waals surface area contributed by atoms with Crippen molar-refractivity contribution in [3.63, 3.8) is 0 Å². The Morgan fingerprint density at radius 1 is 1.00 bits per heavy atom. The summed E-state index contributed by atoms with van der Waals surface area (Å²) >= 11 is 0. The molecule has 0 aliphatic heterocycles. The SMILES string of the molecule is CC(=O)C(O)(C(F)(F)F)C(F)(F)F. The first-order chi connectivity index (χ1) is 5.44. The molecule has 0 aliphatic rings. The summed E-state index contributed by atoms with van der Waals surface area (Å²) in [5.41, 5.74) is -5.26. The molecule has 0 rings (SSSR count). The molecule has 13 heavy (non-hydrogen) atoms. The Balaban J connectivity index is 5.35. The van der Waals surface area contributed by atoms with Crippen LogP contribution in [0.3, 0.4) is 0 Å². The average Bonchev–Trinajstić information content (AvgIpc) is 1.80. The highest BCUT2D eigenvalue weighted by molar-refractivity contribution is 5.86. The minimum atomic E-state index is -6.06. The third kappa shape index (κ3) is 1.77. The Kier molecular flexibility index (Phi) is 2.69. The minimum Gasteiger partial charge on any atom is -0.367 e. The molecular weight excluding hydrogens is 206 g/mol. The van der Waals surface area contributed by atoms with Gasteiger partial charge in [0.2, 0.25) is 0 Å². The largest absolute Gasteiger partial charge is 0.433 e. The first kappa shape index (κ1) is 12.2. The zero-order valence-electron chi connectivity index (χ0n) is 6.12. The molecule has 0 atom stereocenters. The van der Waals surface area contributed by atoms with Crippen LogP contribution in [0, 0.1) is 0 Å². The lowest BCUT2D eigenvalue weighted by Gasteiger charge is -2.29.